The predicted octanol–water partition coefficient (Wildman–Crippen LogP) is 6.62. The fourth-order valence-electron chi connectivity index (χ4n) is 7.20. The lowest BCUT2D eigenvalue weighted by atomic mass is 9.43. The molecule has 150 valence electrons. The average molecular weight is 363 g/mol. The van der Waals surface area contributed by atoms with Gasteiger partial charge in [0.25, 0.3) is 0 Å². The monoisotopic (exact) mass is 362 g/mol. The molecule has 0 aromatic heterocycles. The van der Waals surface area contributed by atoms with Gasteiger partial charge < -0.3 is 4.74 Å². The largest absolute Gasteiger partial charge is 0.465 e. The van der Waals surface area contributed by atoms with Gasteiger partial charge in [-0.05, 0) is 93.3 Å². The number of carbonyl (C=O) groups is 1. The summed E-state index contributed by atoms with van der Waals surface area (Å²) in [5.41, 5.74) is 0.0995. The molecule has 0 aromatic rings. The fraction of sp³-hybridized carbons (Fsp3) is 0.958. The van der Waals surface area contributed by atoms with E-state index in [0.29, 0.717) is 17.9 Å². The molecule has 0 radical (unpaired) electrons. The molecular weight excluding hydrogens is 320 g/mol. The molecule has 0 aromatic carbocycles. The number of hydrogen-bond acceptors (Lipinski definition) is 2. The summed E-state index contributed by atoms with van der Waals surface area (Å²) in [6.45, 7) is 12.4. The van der Waals surface area contributed by atoms with Gasteiger partial charge in [-0.3, -0.25) is 4.79 Å². The van der Waals surface area contributed by atoms with Crippen LogP contribution in [-0.4, -0.2) is 12.6 Å². The molecule has 0 N–H and O–H groups in total. The van der Waals surface area contributed by atoms with Crippen LogP contribution in [0.3, 0.4) is 0 Å². The van der Waals surface area contributed by atoms with Gasteiger partial charge in [0.05, 0.1) is 12.0 Å². The van der Waals surface area contributed by atoms with E-state index in [9.17, 15) is 4.79 Å². The molecule has 0 aliphatic heterocycles. The zero-order chi connectivity index (χ0) is 18.9. The second-order valence-corrected chi connectivity index (χ2v) is 10.6. The minimum atomic E-state index is -0.249. The zero-order valence-corrected chi connectivity index (χ0v) is 18.0. The van der Waals surface area contributed by atoms with Gasteiger partial charge in [0.2, 0.25) is 0 Å². The first-order valence-electron chi connectivity index (χ1n) is 11.5. The molecule has 0 spiro atoms. The van der Waals surface area contributed by atoms with Crippen LogP contribution in [0.2, 0.25) is 0 Å². The van der Waals surface area contributed by atoms with Gasteiger partial charge in [-0.1, -0.05) is 40.5 Å². The lowest BCUT2D eigenvalue weighted by molar-refractivity contribution is -0.179. The lowest BCUT2D eigenvalue weighted by Gasteiger charge is -2.61. The van der Waals surface area contributed by atoms with E-state index in [-0.39, 0.29) is 11.4 Å². The molecular formula is C24H42O2. The highest BCUT2D eigenvalue weighted by Crippen LogP contribution is 2.64. The maximum absolute atomic E-state index is 13.1. The zero-order valence-electron chi connectivity index (χ0n) is 18.0. The topological polar surface area (TPSA) is 26.3 Å². The fourth-order valence-corrected chi connectivity index (χ4v) is 7.20. The number of unbranched alkanes of at least 4 members (excludes halogenated alkanes) is 1. The smallest absolute Gasteiger partial charge is 0.312 e. The molecule has 3 saturated carbocycles. The van der Waals surface area contributed by atoms with Crippen molar-refractivity contribution in [3.8, 4) is 0 Å². The summed E-state index contributed by atoms with van der Waals surface area (Å²) in [6.07, 6.45) is 12.4. The molecule has 3 rings (SSSR count). The van der Waals surface area contributed by atoms with Gasteiger partial charge >= 0.3 is 5.97 Å². The van der Waals surface area contributed by atoms with Crippen molar-refractivity contribution in [1.29, 1.82) is 0 Å². The first-order chi connectivity index (χ1) is 12.3. The summed E-state index contributed by atoms with van der Waals surface area (Å²) in [7, 11) is 0. The number of ether oxygens (including phenoxy) is 1. The quantitative estimate of drug-likeness (QED) is 0.405. The van der Waals surface area contributed by atoms with Crippen molar-refractivity contribution in [2.24, 2.45) is 40.4 Å². The molecule has 3 aliphatic rings. The van der Waals surface area contributed by atoms with E-state index < -0.39 is 0 Å². The van der Waals surface area contributed by atoms with E-state index in [0.717, 1.165) is 42.9 Å². The Morgan fingerprint density at radius 1 is 1.12 bits per heavy atom. The molecule has 2 heteroatoms. The van der Waals surface area contributed by atoms with Crippen LogP contribution in [0, 0.1) is 40.4 Å². The predicted molar refractivity (Wildman–Crippen MR) is 108 cm³/mol. The van der Waals surface area contributed by atoms with E-state index in [1.807, 2.05) is 0 Å². The standard InChI is InChI=1S/C24H42O2/c1-6-7-15-26-22(25)24(5)14-8-13-23(4)20-11-9-18(17(2)3)16-19(20)10-12-21(23)24/h17-21H,6-16H2,1-5H3/t18?,19?,20-,21?,23+,24+/m0/s1. The minimum absolute atomic E-state index is 0.108. The minimum Gasteiger partial charge on any atom is -0.465 e. The van der Waals surface area contributed by atoms with Crippen LogP contribution in [0.1, 0.15) is 98.8 Å². The molecule has 0 bridgehead atoms. The van der Waals surface area contributed by atoms with Gasteiger partial charge in [0.15, 0.2) is 0 Å². The Balaban J connectivity index is 1.76. The number of esters is 1. The van der Waals surface area contributed by atoms with Gasteiger partial charge in [-0.2, -0.15) is 0 Å². The van der Waals surface area contributed by atoms with Crippen LogP contribution in [0.15, 0.2) is 0 Å². The summed E-state index contributed by atoms with van der Waals surface area (Å²) in [6, 6.07) is 0. The molecule has 0 heterocycles. The van der Waals surface area contributed by atoms with Crippen molar-refractivity contribution < 1.29 is 9.53 Å². The third-order valence-corrected chi connectivity index (χ3v) is 8.81. The molecule has 3 unspecified atom stereocenters. The van der Waals surface area contributed by atoms with Crippen LogP contribution in [0.25, 0.3) is 0 Å². The van der Waals surface area contributed by atoms with Gasteiger partial charge in [0, 0.05) is 0 Å². The van der Waals surface area contributed by atoms with Crippen LogP contribution < -0.4 is 0 Å². The van der Waals surface area contributed by atoms with Crippen molar-refractivity contribution >= 4 is 5.97 Å². The molecule has 2 nitrogen and oxygen atoms in total. The highest BCUT2D eigenvalue weighted by Gasteiger charge is 2.59. The average Bonchev–Trinajstić information content (AvgIpc) is 2.61. The SMILES string of the molecule is CCCCOC(=O)[C@]1(C)CCC[C@@]2(C)C1CCC1CC(C(C)C)CC[C@@H]12. The maximum Gasteiger partial charge on any atom is 0.312 e. The van der Waals surface area contributed by atoms with Crippen LogP contribution >= 0.6 is 0 Å². The Bertz CT molecular complexity index is 498. The molecule has 0 amide bonds. The highest BCUT2D eigenvalue weighted by molar-refractivity contribution is 5.77. The molecule has 26 heavy (non-hydrogen) atoms. The normalized spacial score (nSPS) is 42.8. The van der Waals surface area contributed by atoms with E-state index in [1.165, 1.54) is 44.9 Å². The van der Waals surface area contributed by atoms with Gasteiger partial charge in [0.1, 0.15) is 0 Å². The highest BCUT2D eigenvalue weighted by atomic mass is 16.5. The molecule has 0 saturated heterocycles. The van der Waals surface area contributed by atoms with Crippen molar-refractivity contribution in [3.05, 3.63) is 0 Å². The lowest BCUT2D eigenvalue weighted by Crippen LogP contribution is -2.56. The van der Waals surface area contributed by atoms with Crippen molar-refractivity contribution in [2.75, 3.05) is 6.61 Å². The summed E-state index contributed by atoms with van der Waals surface area (Å²) >= 11 is 0. The first kappa shape index (κ1) is 20.2. The number of carbonyl (C=O) groups excluding carboxylic acids is 1. The van der Waals surface area contributed by atoms with E-state index in [1.54, 1.807) is 0 Å². The summed E-state index contributed by atoms with van der Waals surface area (Å²) < 4.78 is 5.76. The van der Waals surface area contributed by atoms with Crippen LogP contribution in [0.5, 0.6) is 0 Å². The number of fused-ring (bicyclic) bond motifs is 3. The molecule has 3 aliphatic carbocycles. The third kappa shape index (κ3) is 3.47. The first-order valence-corrected chi connectivity index (χ1v) is 11.5. The van der Waals surface area contributed by atoms with Gasteiger partial charge in [-0.15, -0.1) is 0 Å². The third-order valence-electron chi connectivity index (χ3n) is 8.81. The van der Waals surface area contributed by atoms with Crippen LogP contribution in [0.4, 0.5) is 0 Å². The second-order valence-electron chi connectivity index (χ2n) is 10.6. The van der Waals surface area contributed by atoms with Crippen molar-refractivity contribution in [1.82, 2.24) is 0 Å². The Morgan fingerprint density at radius 3 is 2.58 bits per heavy atom. The maximum atomic E-state index is 13.1. The molecule has 3 fully saturated rings. The second kappa shape index (κ2) is 7.84. The van der Waals surface area contributed by atoms with Crippen LogP contribution in [-0.2, 0) is 9.53 Å². The van der Waals surface area contributed by atoms with E-state index in [4.69, 9.17) is 4.74 Å². The van der Waals surface area contributed by atoms with Crippen molar-refractivity contribution in [2.45, 2.75) is 98.8 Å². The molecule has 6 atom stereocenters. The number of hydrogen-bond donors (Lipinski definition) is 0. The van der Waals surface area contributed by atoms with E-state index in [2.05, 4.69) is 34.6 Å². The Kier molecular flexibility index (Phi) is 6.09. The van der Waals surface area contributed by atoms with Gasteiger partial charge in [-0.25, -0.2) is 0 Å². The summed E-state index contributed by atoms with van der Waals surface area (Å²) in [5, 5.41) is 0. The summed E-state index contributed by atoms with van der Waals surface area (Å²) in [4.78, 5) is 13.1. The number of rotatable bonds is 5. The Hall–Kier alpha value is -0.530. The van der Waals surface area contributed by atoms with Crippen molar-refractivity contribution in [3.63, 3.8) is 0 Å². The Labute approximate surface area is 161 Å². The summed E-state index contributed by atoms with van der Waals surface area (Å²) in [5.74, 6) is 4.11. The van der Waals surface area contributed by atoms with E-state index >= 15 is 0 Å². The Morgan fingerprint density at radius 2 is 1.88 bits per heavy atom.